The van der Waals surface area contributed by atoms with Crippen LogP contribution in [0.15, 0.2) is 48.5 Å². The van der Waals surface area contributed by atoms with Crippen LogP contribution in [0.2, 0.25) is 0 Å². The minimum Gasteiger partial charge on any atom is -0.376 e. The van der Waals surface area contributed by atoms with Gasteiger partial charge in [0.25, 0.3) is 5.91 Å². The number of benzene rings is 2. The number of carbonyl (C=O) groups is 2. The van der Waals surface area contributed by atoms with E-state index in [9.17, 15) is 9.59 Å². The van der Waals surface area contributed by atoms with Crippen LogP contribution in [0.4, 0.5) is 16.2 Å². The summed E-state index contributed by atoms with van der Waals surface area (Å²) in [4.78, 5) is 27.0. The minimum absolute atomic E-state index is 0.119. The highest BCUT2D eigenvalue weighted by molar-refractivity contribution is 6.02. The molecule has 0 bridgehead atoms. The molecule has 2 aromatic rings. The summed E-state index contributed by atoms with van der Waals surface area (Å²) >= 11 is 0. The van der Waals surface area contributed by atoms with E-state index in [1.54, 1.807) is 24.3 Å². The first-order valence-electron chi connectivity index (χ1n) is 10.4. The third-order valence-electron chi connectivity index (χ3n) is 5.52. The maximum Gasteiger partial charge on any atom is 0.326 e. The Kier molecular flexibility index (Phi) is 6.10. The van der Waals surface area contributed by atoms with Crippen LogP contribution in [0.1, 0.15) is 41.6 Å². The molecule has 1 fully saturated rings. The molecular weight excluding hydrogens is 366 g/mol. The second kappa shape index (κ2) is 9.09. The molecule has 4 rings (SSSR count). The number of hydrogen-bond donors (Lipinski definition) is 2. The number of fused-ring (bicyclic) bond motifs is 1. The van der Waals surface area contributed by atoms with E-state index in [2.05, 4.69) is 16.7 Å². The van der Waals surface area contributed by atoms with E-state index in [4.69, 9.17) is 4.74 Å². The van der Waals surface area contributed by atoms with E-state index in [1.165, 1.54) is 5.56 Å². The molecular formula is C23H27N3O3. The topological polar surface area (TPSA) is 70.7 Å². The first-order valence-corrected chi connectivity index (χ1v) is 10.4. The molecule has 6 heteroatoms. The summed E-state index contributed by atoms with van der Waals surface area (Å²) in [6.07, 6.45) is 5.22. The molecule has 2 aliphatic heterocycles. The lowest BCUT2D eigenvalue weighted by Crippen LogP contribution is -2.35. The van der Waals surface area contributed by atoms with Gasteiger partial charge in [0.1, 0.15) is 0 Å². The fraction of sp³-hybridized carbons (Fsp3) is 0.391. The summed E-state index contributed by atoms with van der Waals surface area (Å²) in [5.41, 5.74) is 3.43. The van der Waals surface area contributed by atoms with Crippen molar-refractivity contribution in [2.75, 3.05) is 29.9 Å². The van der Waals surface area contributed by atoms with Gasteiger partial charge in [-0.3, -0.25) is 9.69 Å². The van der Waals surface area contributed by atoms with Crippen molar-refractivity contribution in [2.45, 2.75) is 38.2 Å². The highest BCUT2D eigenvalue weighted by Crippen LogP contribution is 2.26. The summed E-state index contributed by atoms with van der Waals surface area (Å²) in [5.74, 6) is -0.125. The van der Waals surface area contributed by atoms with Crippen molar-refractivity contribution in [1.29, 1.82) is 0 Å². The Hall–Kier alpha value is -2.86. The Morgan fingerprint density at radius 3 is 2.66 bits per heavy atom. The average molecular weight is 393 g/mol. The standard InChI is InChI=1S/C23H27N3O3/c27-22(24-16-20-8-5-15-29-20)18-10-12-19(13-11-18)25-23(28)26-14-4-3-7-17-6-1-2-9-21(17)26/h1-2,6,9-13,20H,3-5,7-8,14-16H2,(H,24,27)(H,25,28)/t20-/m1/s1. The van der Waals surface area contributed by atoms with Gasteiger partial charge >= 0.3 is 6.03 Å². The van der Waals surface area contributed by atoms with Crippen molar-refractivity contribution < 1.29 is 14.3 Å². The Morgan fingerprint density at radius 1 is 1.03 bits per heavy atom. The average Bonchev–Trinajstić information content (AvgIpc) is 3.17. The molecule has 0 aliphatic carbocycles. The number of hydrogen-bond acceptors (Lipinski definition) is 3. The maximum absolute atomic E-state index is 12.9. The van der Waals surface area contributed by atoms with Gasteiger partial charge < -0.3 is 15.4 Å². The second-order valence-electron chi connectivity index (χ2n) is 7.59. The summed E-state index contributed by atoms with van der Waals surface area (Å²) in [6, 6.07) is 14.9. The fourth-order valence-electron chi connectivity index (χ4n) is 3.91. The molecule has 0 spiro atoms. The van der Waals surface area contributed by atoms with Gasteiger partial charge in [0.05, 0.1) is 6.10 Å². The molecule has 1 atom stereocenters. The molecule has 0 radical (unpaired) electrons. The van der Waals surface area contributed by atoms with E-state index >= 15 is 0 Å². The smallest absolute Gasteiger partial charge is 0.326 e. The second-order valence-corrected chi connectivity index (χ2v) is 7.59. The number of rotatable bonds is 4. The number of aryl methyl sites for hydroxylation is 1. The lowest BCUT2D eigenvalue weighted by molar-refractivity contribution is 0.0858. The van der Waals surface area contributed by atoms with E-state index in [0.717, 1.165) is 44.4 Å². The number of amides is 3. The highest BCUT2D eigenvalue weighted by atomic mass is 16.5. The van der Waals surface area contributed by atoms with Gasteiger partial charge in [0.15, 0.2) is 0 Å². The number of para-hydroxylation sites is 1. The molecule has 3 amide bonds. The molecule has 0 saturated carbocycles. The number of urea groups is 1. The first kappa shape index (κ1) is 19.5. The summed E-state index contributed by atoms with van der Waals surface area (Å²) in [6.45, 7) is 2.01. The first-order chi connectivity index (χ1) is 14.2. The van der Waals surface area contributed by atoms with Gasteiger partial charge in [-0.2, -0.15) is 0 Å². The number of carbonyl (C=O) groups excluding carboxylic acids is 2. The quantitative estimate of drug-likeness (QED) is 0.826. The number of ether oxygens (including phenoxy) is 1. The predicted molar refractivity (Wildman–Crippen MR) is 113 cm³/mol. The van der Waals surface area contributed by atoms with Gasteiger partial charge in [-0.25, -0.2) is 4.79 Å². The molecule has 0 unspecified atom stereocenters. The monoisotopic (exact) mass is 393 g/mol. The Labute approximate surface area is 171 Å². The van der Waals surface area contributed by atoms with E-state index in [-0.39, 0.29) is 18.0 Å². The van der Waals surface area contributed by atoms with Crippen LogP contribution in [-0.4, -0.2) is 37.7 Å². The highest BCUT2D eigenvalue weighted by Gasteiger charge is 2.21. The van der Waals surface area contributed by atoms with Gasteiger partial charge in [-0.15, -0.1) is 0 Å². The zero-order chi connectivity index (χ0) is 20.1. The predicted octanol–water partition coefficient (Wildman–Crippen LogP) is 3.97. The lowest BCUT2D eigenvalue weighted by atomic mass is 10.1. The van der Waals surface area contributed by atoms with Crippen molar-refractivity contribution in [3.8, 4) is 0 Å². The molecule has 0 aromatic heterocycles. The van der Waals surface area contributed by atoms with Gasteiger partial charge in [0.2, 0.25) is 0 Å². The largest absolute Gasteiger partial charge is 0.376 e. The van der Waals surface area contributed by atoms with Gasteiger partial charge in [-0.05, 0) is 68.0 Å². The Balaban J connectivity index is 1.37. The molecule has 2 N–H and O–H groups in total. The SMILES string of the molecule is O=C(NC[C@H]1CCCO1)c1ccc(NC(=O)N2CCCCc3ccccc32)cc1. The minimum atomic E-state index is -0.144. The van der Waals surface area contributed by atoms with Crippen LogP contribution in [0.5, 0.6) is 0 Å². The van der Waals surface area contributed by atoms with Crippen molar-refractivity contribution in [3.63, 3.8) is 0 Å². The number of anilines is 2. The third-order valence-corrected chi connectivity index (χ3v) is 5.52. The van der Waals surface area contributed by atoms with Crippen LogP contribution >= 0.6 is 0 Å². The molecule has 2 aromatic carbocycles. The lowest BCUT2D eigenvalue weighted by Gasteiger charge is -2.23. The summed E-state index contributed by atoms with van der Waals surface area (Å²) < 4.78 is 5.53. The third kappa shape index (κ3) is 4.77. The van der Waals surface area contributed by atoms with Gasteiger partial charge in [-0.1, -0.05) is 18.2 Å². The molecule has 2 heterocycles. The maximum atomic E-state index is 12.9. The van der Waals surface area contributed by atoms with Crippen molar-refractivity contribution >= 4 is 23.3 Å². The van der Waals surface area contributed by atoms with E-state index in [1.807, 2.05) is 23.1 Å². The zero-order valence-corrected chi connectivity index (χ0v) is 16.5. The Bertz CT molecular complexity index is 860. The number of nitrogens with zero attached hydrogens (tertiary/aromatic N) is 1. The zero-order valence-electron chi connectivity index (χ0n) is 16.5. The van der Waals surface area contributed by atoms with Crippen molar-refractivity contribution in [1.82, 2.24) is 5.32 Å². The van der Waals surface area contributed by atoms with E-state index < -0.39 is 0 Å². The van der Waals surface area contributed by atoms with Crippen molar-refractivity contribution in [2.24, 2.45) is 0 Å². The molecule has 152 valence electrons. The van der Waals surface area contributed by atoms with Crippen LogP contribution in [0.25, 0.3) is 0 Å². The van der Waals surface area contributed by atoms with Crippen molar-refractivity contribution in [3.05, 3.63) is 59.7 Å². The molecule has 6 nitrogen and oxygen atoms in total. The Morgan fingerprint density at radius 2 is 1.86 bits per heavy atom. The fourth-order valence-corrected chi connectivity index (χ4v) is 3.91. The molecule has 1 saturated heterocycles. The molecule has 29 heavy (non-hydrogen) atoms. The van der Waals surface area contributed by atoms with Crippen LogP contribution < -0.4 is 15.5 Å². The van der Waals surface area contributed by atoms with Gasteiger partial charge in [0, 0.05) is 36.6 Å². The van der Waals surface area contributed by atoms with Crippen LogP contribution in [0.3, 0.4) is 0 Å². The summed E-state index contributed by atoms with van der Waals surface area (Å²) in [5, 5.41) is 5.87. The van der Waals surface area contributed by atoms with Crippen LogP contribution in [-0.2, 0) is 11.2 Å². The molecule has 2 aliphatic rings. The van der Waals surface area contributed by atoms with E-state index in [0.29, 0.717) is 24.3 Å². The normalized spacial score (nSPS) is 18.6. The van der Waals surface area contributed by atoms with Crippen LogP contribution in [0, 0.1) is 0 Å². The number of nitrogens with one attached hydrogen (secondary N) is 2. The summed E-state index contributed by atoms with van der Waals surface area (Å²) in [7, 11) is 0.